The first-order valence-corrected chi connectivity index (χ1v) is 7.15. The lowest BCUT2D eigenvalue weighted by Gasteiger charge is -2.43. The van der Waals surface area contributed by atoms with Crippen LogP contribution in [0.3, 0.4) is 0 Å². The molecular weight excluding hydrogens is 290 g/mol. The number of carbonyl (C=O) groups excluding carboxylic acids is 1. The zero-order valence-electron chi connectivity index (χ0n) is 10.1. The highest BCUT2D eigenvalue weighted by Crippen LogP contribution is 2.56. The quantitative estimate of drug-likeness (QED) is 0.687. The van der Waals surface area contributed by atoms with Crippen LogP contribution in [0.2, 0.25) is 0 Å². The standard InChI is InChI=1S/C15H14BrNO/c16-15(10-17)13(18)12-6-2-1-5-11(12)9-14(15)7-3-4-8-14/h1-2,5-6H,3-4,7-9H2. The summed E-state index contributed by atoms with van der Waals surface area (Å²) in [6.45, 7) is 0. The van der Waals surface area contributed by atoms with Gasteiger partial charge in [-0.1, -0.05) is 53.0 Å². The summed E-state index contributed by atoms with van der Waals surface area (Å²) < 4.78 is -1.02. The highest BCUT2D eigenvalue weighted by molar-refractivity contribution is 9.10. The van der Waals surface area contributed by atoms with E-state index in [-0.39, 0.29) is 11.2 Å². The fourth-order valence-corrected chi connectivity index (χ4v) is 4.30. The van der Waals surface area contributed by atoms with Crippen molar-refractivity contribution in [2.75, 3.05) is 0 Å². The van der Waals surface area contributed by atoms with Gasteiger partial charge in [0.1, 0.15) is 0 Å². The van der Waals surface area contributed by atoms with Crippen molar-refractivity contribution in [1.29, 1.82) is 5.26 Å². The monoisotopic (exact) mass is 303 g/mol. The summed E-state index contributed by atoms with van der Waals surface area (Å²) in [5.41, 5.74) is 1.62. The van der Waals surface area contributed by atoms with E-state index in [1.807, 2.05) is 24.3 Å². The van der Waals surface area contributed by atoms with E-state index in [0.29, 0.717) is 5.56 Å². The molecule has 0 heterocycles. The van der Waals surface area contributed by atoms with Crippen molar-refractivity contribution in [3.63, 3.8) is 0 Å². The molecule has 1 unspecified atom stereocenters. The summed E-state index contributed by atoms with van der Waals surface area (Å²) in [6, 6.07) is 9.98. The molecule has 0 saturated heterocycles. The van der Waals surface area contributed by atoms with Crippen LogP contribution in [0.25, 0.3) is 0 Å². The highest BCUT2D eigenvalue weighted by atomic mass is 79.9. The number of Topliss-reactive ketones (excluding diaryl/α,β-unsaturated/α-hetero) is 1. The molecule has 1 saturated carbocycles. The average molecular weight is 304 g/mol. The normalized spacial score (nSPS) is 29.0. The number of hydrogen-bond donors (Lipinski definition) is 0. The van der Waals surface area contributed by atoms with E-state index in [0.717, 1.165) is 37.7 Å². The van der Waals surface area contributed by atoms with E-state index < -0.39 is 4.32 Å². The molecule has 0 aliphatic heterocycles. The third-order valence-corrected chi connectivity index (χ3v) is 5.93. The van der Waals surface area contributed by atoms with Gasteiger partial charge < -0.3 is 0 Å². The Kier molecular flexibility index (Phi) is 2.60. The lowest BCUT2D eigenvalue weighted by atomic mass is 9.63. The molecule has 0 N–H and O–H groups in total. The maximum Gasteiger partial charge on any atom is 0.194 e. The number of alkyl halides is 1. The third kappa shape index (κ3) is 1.36. The van der Waals surface area contributed by atoms with Gasteiger partial charge in [0.15, 0.2) is 10.1 Å². The molecule has 1 atom stereocenters. The highest BCUT2D eigenvalue weighted by Gasteiger charge is 2.59. The van der Waals surface area contributed by atoms with Crippen LogP contribution in [-0.2, 0) is 6.42 Å². The zero-order valence-corrected chi connectivity index (χ0v) is 11.7. The van der Waals surface area contributed by atoms with Crippen LogP contribution in [0.5, 0.6) is 0 Å². The molecule has 2 aliphatic rings. The molecule has 0 radical (unpaired) electrons. The minimum atomic E-state index is -1.02. The number of nitriles is 1. The summed E-state index contributed by atoms with van der Waals surface area (Å²) in [5, 5.41) is 9.55. The minimum absolute atomic E-state index is 0.0475. The van der Waals surface area contributed by atoms with E-state index in [9.17, 15) is 10.1 Å². The van der Waals surface area contributed by atoms with Gasteiger partial charge in [-0.2, -0.15) is 5.26 Å². The molecule has 1 spiro atoms. The number of ketones is 1. The van der Waals surface area contributed by atoms with Gasteiger partial charge in [0.05, 0.1) is 6.07 Å². The van der Waals surface area contributed by atoms with Gasteiger partial charge >= 0.3 is 0 Å². The van der Waals surface area contributed by atoms with Crippen molar-refractivity contribution < 1.29 is 4.79 Å². The van der Waals surface area contributed by atoms with Crippen LogP contribution in [-0.4, -0.2) is 10.1 Å². The Balaban J connectivity index is 2.20. The molecule has 2 nitrogen and oxygen atoms in total. The molecule has 1 aromatic rings. The fraction of sp³-hybridized carbons (Fsp3) is 0.467. The second kappa shape index (κ2) is 3.93. The van der Waals surface area contributed by atoms with Gasteiger partial charge in [0.25, 0.3) is 0 Å². The predicted octanol–water partition coefficient (Wildman–Crippen LogP) is 3.64. The third-order valence-electron chi connectivity index (χ3n) is 4.55. The minimum Gasteiger partial charge on any atom is -0.291 e. The molecular formula is C15H14BrNO. The van der Waals surface area contributed by atoms with E-state index in [2.05, 4.69) is 22.0 Å². The topological polar surface area (TPSA) is 40.9 Å². The number of rotatable bonds is 0. The molecule has 0 amide bonds. The van der Waals surface area contributed by atoms with Gasteiger partial charge in [0, 0.05) is 11.0 Å². The van der Waals surface area contributed by atoms with Crippen LogP contribution in [0.15, 0.2) is 24.3 Å². The van der Waals surface area contributed by atoms with Crippen molar-refractivity contribution in [2.24, 2.45) is 5.41 Å². The van der Waals surface area contributed by atoms with Crippen LogP contribution in [0.4, 0.5) is 0 Å². The molecule has 92 valence electrons. The Labute approximate surface area is 115 Å². The summed E-state index contributed by atoms with van der Waals surface area (Å²) in [7, 11) is 0. The summed E-state index contributed by atoms with van der Waals surface area (Å²) in [5.74, 6) is -0.0475. The lowest BCUT2D eigenvalue weighted by molar-refractivity contribution is 0.0851. The molecule has 18 heavy (non-hydrogen) atoms. The fourth-order valence-electron chi connectivity index (χ4n) is 3.55. The van der Waals surface area contributed by atoms with Crippen molar-refractivity contribution in [3.05, 3.63) is 35.4 Å². The van der Waals surface area contributed by atoms with Crippen LogP contribution in [0, 0.1) is 16.7 Å². The van der Waals surface area contributed by atoms with Gasteiger partial charge in [-0.3, -0.25) is 4.79 Å². The largest absolute Gasteiger partial charge is 0.291 e. The molecule has 1 fully saturated rings. The van der Waals surface area contributed by atoms with Gasteiger partial charge in [-0.05, 0) is 24.8 Å². The molecule has 0 aromatic heterocycles. The first-order valence-electron chi connectivity index (χ1n) is 6.36. The maximum absolute atomic E-state index is 12.7. The summed E-state index contributed by atoms with van der Waals surface area (Å²) >= 11 is 3.50. The number of carbonyl (C=O) groups is 1. The van der Waals surface area contributed by atoms with Crippen LogP contribution < -0.4 is 0 Å². The Bertz CT molecular complexity index is 554. The summed E-state index contributed by atoms with van der Waals surface area (Å²) in [6.07, 6.45) is 5.00. The van der Waals surface area contributed by atoms with Gasteiger partial charge in [-0.15, -0.1) is 0 Å². The van der Waals surface area contributed by atoms with Crippen molar-refractivity contribution in [1.82, 2.24) is 0 Å². The predicted molar refractivity (Wildman–Crippen MR) is 72.6 cm³/mol. The van der Waals surface area contributed by atoms with Crippen LogP contribution in [0.1, 0.15) is 41.6 Å². The van der Waals surface area contributed by atoms with E-state index in [4.69, 9.17) is 0 Å². The smallest absolute Gasteiger partial charge is 0.194 e. The molecule has 3 heteroatoms. The molecule has 1 aromatic carbocycles. The average Bonchev–Trinajstić information content (AvgIpc) is 2.86. The second-order valence-electron chi connectivity index (χ2n) is 5.42. The van der Waals surface area contributed by atoms with Crippen molar-refractivity contribution >= 4 is 21.7 Å². The second-order valence-corrected chi connectivity index (χ2v) is 6.61. The maximum atomic E-state index is 12.7. The summed E-state index contributed by atoms with van der Waals surface area (Å²) in [4.78, 5) is 12.7. The molecule has 3 rings (SSSR count). The van der Waals surface area contributed by atoms with E-state index in [1.54, 1.807) is 0 Å². The number of hydrogen-bond acceptors (Lipinski definition) is 2. The zero-order chi connectivity index (χ0) is 12.8. The first kappa shape index (κ1) is 11.9. The number of nitrogens with zero attached hydrogens (tertiary/aromatic N) is 1. The lowest BCUT2D eigenvalue weighted by Crippen LogP contribution is -2.51. The molecule has 2 aliphatic carbocycles. The first-order chi connectivity index (χ1) is 8.63. The Morgan fingerprint density at radius 1 is 1.22 bits per heavy atom. The van der Waals surface area contributed by atoms with Crippen molar-refractivity contribution in [2.45, 2.75) is 36.4 Å². The van der Waals surface area contributed by atoms with E-state index in [1.165, 1.54) is 0 Å². The van der Waals surface area contributed by atoms with E-state index >= 15 is 0 Å². The Hall–Kier alpha value is -1.14. The Morgan fingerprint density at radius 3 is 2.56 bits per heavy atom. The Morgan fingerprint density at radius 2 is 1.89 bits per heavy atom. The SMILES string of the molecule is N#CC1(Br)C(=O)c2ccccc2CC12CCCC2. The number of fused-ring (bicyclic) bond motifs is 1. The van der Waals surface area contributed by atoms with Crippen LogP contribution >= 0.6 is 15.9 Å². The van der Waals surface area contributed by atoms with Gasteiger partial charge in [0.2, 0.25) is 0 Å². The number of halogens is 1. The van der Waals surface area contributed by atoms with Crippen molar-refractivity contribution in [3.8, 4) is 6.07 Å². The van der Waals surface area contributed by atoms with Gasteiger partial charge in [-0.25, -0.2) is 0 Å². The molecule has 0 bridgehead atoms. The number of benzene rings is 1.